The number of hydrogen-bond donors (Lipinski definition) is 4. The maximum atomic E-state index is 12.3. The van der Waals surface area contributed by atoms with Crippen molar-refractivity contribution < 1.29 is 47.8 Å². The van der Waals surface area contributed by atoms with Crippen LogP contribution in [0.3, 0.4) is 0 Å². The highest BCUT2D eigenvalue weighted by Crippen LogP contribution is 2.43. The molecule has 3 atom stereocenters. The summed E-state index contributed by atoms with van der Waals surface area (Å²) in [6, 6.07) is -1.55. The van der Waals surface area contributed by atoms with Crippen molar-refractivity contribution in [3.8, 4) is 0 Å². The quantitative estimate of drug-likeness (QED) is 0.0201. The first-order chi connectivity index (χ1) is 27.6. The molecular formula is C45H86NO10P. The van der Waals surface area contributed by atoms with Crippen molar-refractivity contribution in [2.24, 2.45) is 0 Å². The average molecular weight is 832 g/mol. The Balaban J connectivity index is 3.83. The summed E-state index contributed by atoms with van der Waals surface area (Å²) in [6.45, 7) is 2.60. The number of aliphatic hydroxyl groups excluding tert-OH is 1. The van der Waals surface area contributed by atoms with Gasteiger partial charge in [-0.2, -0.15) is 0 Å². The third-order valence-electron chi connectivity index (χ3n) is 10.3. The molecule has 0 fully saturated rings. The third kappa shape index (κ3) is 40.8. The summed E-state index contributed by atoms with van der Waals surface area (Å²) in [6.07, 6.45) is 40.9. The van der Waals surface area contributed by atoms with E-state index in [1.54, 1.807) is 0 Å². The van der Waals surface area contributed by atoms with Gasteiger partial charge in [-0.15, -0.1) is 0 Å². The number of unbranched alkanes of at least 4 members (excludes halogenated alkanes) is 28. The number of rotatable bonds is 44. The number of ether oxygens (including phenoxy) is 1. The maximum absolute atomic E-state index is 12.3. The van der Waals surface area contributed by atoms with Gasteiger partial charge in [-0.3, -0.25) is 18.6 Å². The first-order valence-electron chi connectivity index (χ1n) is 23.2. The monoisotopic (exact) mass is 832 g/mol. The van der Waals surface area contributed by atoms with Crippen LogP contribution in [0.4, 0.5) is 0 Å². The predicted molar refractivity (Wildman–Crippen MR) is 231 cm³/mol. The van der Waals surface area contributed by atoms with Crippen LogP contribution >= 0.6 is 7.82 Å². The highest BCUT2D eigenvalue weighted by molar-refractivity contribution is 7.47. The van der Waals surface area contributed by atoms with E-state index in [0.29, 0.717) is 12.8 Å². The molecule has 0 aliphatic rings. The van der Waals surface area contributed by atoms with Gasteiger partial charge in [0.1, 0.15) is 12.7 Å². The molecule has 0 spiro atoms. The number of aliphatic hydroxyl groups is 1. The van der Waals surface area contributed by atoms with Crippen LogP contribution in [0.5, 0.6) is 0 Å². The first kappa shape index (κ1) is 55.2. The van der Waals surface area contributed by atoms with E-state index >= 15 is 0 Å². The molecule has 0 bridgehead atoms. The molecule has 336 valence electrons. The molecule has 1 amide bonds. The lowest BCUT2D eigenvalue weighted by atomic mass is 10.0. The Morgan fingerprint density at radius 2 is 0.912 bits per heavy atom. The predicted octanol–water partition coefficient (Wildman–Crippen LogP) is 12.1. The molecule has 0 rings (SSSR count). The van der Waals surface area contributed by atoms with Gasteiger partial charge in [0.15, 0.2) is 6.04 Å². The Morgan fingerprint density at radius 3 is 1.33 bits per heavy atom. The minimum Gasteiger partial charge on any atom is -0.480 e. The van der Waals surface area contributed by atoms with Crippen molar-refractivity contribution in [3.63, 3.8) is 0 Å². The van der Waals surface area contributed by atoms with Crippen LogP contribution in [-0.4, -0.2) is 64.9 Å². The number of carboxylic acid groups (broad SMARTS) is 1. The Labute approximate surface area is 347 Å². The average Bonchev–Trinajstić information content (AvgIpc) is 3.18. The number of aliphatic carboxylic acids is 1. The summed E-state index contributed by atoms with van der Waals surface area (Å²) in [5.41, 5.74) is 0. The van der Waals surface area contributed by atoms with Crippen molar-refractivity contribution in [2.75, 3.05) is 19.8 Å². The van der Waals surface area contributed by atoms with Crippen LogP contribution in [0.1, 0.15) is 226 Å². The highest BCUT2D eigenvalue weighted by atomic mass is 31.2. The number of carboxylic acids is 1. The SMILES string of the molecule is CCCCCCC/C=C\CCCCCCCC(=O)NC(COP(=O)(O)OCC(O)COC(=O)CCCCCCCCCCCCCCCCCCCCC)C(=O)O. The van der Waals surface area contributed by atoms with Gasteiger partial charge >= 0.3 is 19.8 Å². The van der Waals surface area contributed by atoms with E-state index < -0.39 is 57.6 Å². The van der Waals surface area contributed by atoms with Gasteiger partial charge < -0.3 is 25.2 Å². The van der Waals surface area contributed by atoms with E-state index in [2.05, 4.69) is 31.3 Å². The van der Waals surface area contributed by atoms with Gasteiger partial charge in [0.25, 0.3) is 0 Å². The molecule has 12 heteroatoms. The first-order valence-corrected chi connectivity index (χ1v) is 24.7. The van der Waals surface area contributed by atoms with Crippen LogP contribution in [0.15, 0.2) is 12.2 Å². The number of allylic oxidation sites excluding steroid dienone is 2. The van der Waals surface area contributed by atoms with Crippen molar-refractivity contribution in [1.82, 2.24) is 5.32 Å². The number of esters is 1. The Bertz CT molecular complexity index is 1030. The molecule has 0 aromatic carbocycles. The summed E-state index contributed by atoms with van der Waals surface area (Å²) in [5, 5.41) is 21.8. The van der Waals surface area contributed by atoms with Gasteiger partial charge in [-0.05, 0) is 38.5 Å². The minimum atomic E-state index is -4.75. The number of carbonyl (C=O) groups is 3. The Morgan fingerprint density at radius 1 is 0.544 bits per heavy atom. The van der Waals surface area contributed by atoms with E-state index in [1.165, 1.54) is 128 Å². The summed E-state index contributed by atoms with van der Waals surface area (Å²) in [5.74, 6) is -2.37. The zero-order valence-corrected chi connectivity index (χ0v) is 37.3. The fourth-order valence-corrected chi connectivity index (χ4v) is 7.44. The summed E-state index contributed by atoms with van der Waals surface area (Å²) >= 11 is 0. The van der Waals surface area contributed by atoms with Crippen LogP contribution < -0.4 is 5.32 Å². The van der Waals surface area contributed by atoms with Gasteiger partial charge in [0.05, 0.1) is 13.2 Å². The lowest BCUT2D eigenvalue weighted by molar-refractivity contribution is -0.147. The van der Waals surface area contributed by atoms with Crippen molar-refractivity contribution >= 4 is 25.7 Å². The highest BCUT2D eigenvalue weighted by Gasteiger charge is 2.28. The van der Waals surface area contributed by atoms with Gasteiger partial charge in [0, 0.05) is 12.8 Å². The minimum absolute atomic E-state index is 0.138. The zero-order valence-electron chi connectivity index (χ0n) is 36.4. The topological polar surface area (TPSA) is 169 Å². The molecule has 3 unspecified atom stereocenters. The van der Waals surface area contributed by atoms with Gasteiger partial charge in [-0.1, -0.05) is 187 Å². The number of phosphoric acid groups is 1. The Kier molecular flexibility index (Phi) is 39.7. The second-order valence-electron chi connectivity index (χ2n) is 15.9. The molecule has 0 aliphatic heterocycles. The van der Waals surface area contributed by atoms with Crippen LogP contribution in [-0.2, 0) is 32.7 Å². The number of hydrogen-bond acceptors (Lipinski definition) is 8. The molecule has 11 nitrogen and oxygen atoms in total. The van der Waals surface area contributed by atoms with Crippen LogP contribution in [0.2, 0.25) is 0 Å². The lowest BCUT2D eigenvalue weighted by Gasteiger charge is -2.18. The molecule has 4 N–H and O–H groups in total. The van der Waals surface area contributed by atoms with E-state index in [9.17, 15) is 34.1 Å². The van der Waals surface area contributed by atoms with E-state index in [0.717, 1.165) is 57.8 Å². The largest absolute Gasteiger partial charge is 0.480 e. The molecule has 0 radical (unpaired) electrons. The van der Waals surface area contributed by atoms with E-state index in [1.807, 2.05) is 0 Å². The van der Waals surface area contributed by atoms with Gasteiger partial charge in [0.2, 0.25) is 5.91 Å². The smallest absolute Gasteiger partial charge is 0.472 e. The third-order valence-corrected chi connectivity index (χ3v) is 11.3. The molecule has 0 aromatic rings. The van der Waals surface area contributed by atoms with Crippen LogP contribution in [0, 0.1) is 0 Å². The second-order valence-corrected chi connectivity index (χ2v) is 17.4. The summed E-state index contributed by atoms with van der Waals surface area (Å²) < 4.78 is 26.9. The molecule has 0 saturated heterocycles. The molecule has 0 aromatic heterocycles. The number of nitrogens with one attached hydrogen (secondary N) is 1. The number of phosphoric ester groups is 1. The van der Waals surface area contributed by atoms with E-state index in [-0.39, 0.29) is 12.8 Å². The summed E-state index contributed by atoms with van der Waals surface area (Å²) in [4.78, 5) is 45.9. The van der Waals surface area contributed by atoms with Gasteiger partial charge in [-0.25, -0.2) is 9.36 Å². The van der Waals surface area contributed by atoms with Crippen molar-refractivity contribution in [2.45, 2.75) is 238 Å². The standard InChI is InChI=1S/C45H86NO10P/c1-3-5-7-9-11-13-15-17-19-20-21-22-23-25-27-29-31-33-35-37-44(49)54-38-41(47)39-55-57(52,53)56-40-42(45(50)51)46-43(48)36-34-32-30-28-26-24-18-16-14-12-10-8-6-4-2/h16,18,41-42,47H,3-15,17,19-40H2,1-2H3,(H,46,48)(H,50,51)(H,52,53)/b18-16-. The molecule has 0 saturated carbocycles. The fraction of sp³-hybridized carbons (Fsp3) is 0.889. The van der Waals surface area contributed by atoms with Crippen molar-refractivity contribution in [3.05, 3.63) is 12.2 Å². The molecule has 0 heterocycles. The fourth-order valence-electron chi connectivity index (χ4n) is 6.66. The zero-order chi connectivity index (χ0) is 42.1. The lowest BCUT2D eigenvalue weighted by Crippen LogP contribution is -2.43. The Hall–Kier alpha value is -1.78. The molecular weight excluding hydrogens is 745 g/mol. The van der Waals surface area contributed by atoms with Crippen molar-refractivity contribution in [1.29, 1.82) is 0 Å². The number of amides is 1. The molecule has 0 aliphatic carbocycles. The van der Waals surface area contributed by atoms with E-state index in [4.69, 9.17) is 13.8 Å². The maximum Gasteiger partial charge on any atom is 0.472 e. The summed E-state index contributed by atoms with van der Waals surface area (Å²) in [7, 11) is -4.75. The number of carbonyl (C=O) groups excluding carboxylic acids is 2. The second kappa shape index (κ2) is 41.0. The van der Waals surface area contributed by atoms with Crippen LogP contribution in [0.25, 0.3) is 0 Å². The normalized spacial score (nSPS) is 13.8. The molecule has 57 heavy (non-hydrogen) atoms.